The first kappa shape index (κ1) is 14.4. The second kappa shape index (κ2) is 6.14. The Labute approximate surface area is 142 Å². The molecule has 0 atom stereocenters. The molecular formula is C17H15N3OS2. The number of carbonyl (C=O) groups is 1. The average Bonchev–Trinajstić information content (AvgIpc) is 3.26. The minimum Gasteiger partial charge on any atom is -0.365 e. The van der Waals surface area contributed by atoms with Gasteiger partial charge in [0.15, 0.2) is 0 Å². The van der Waals surface area contributed by atoms with E-state index in [2.05, 4.69) is 32.7 Å². The third-order valence-electron chi connectivity index (χ3n) is 3.97. The van der Waals surface area contributed by atoms with Crippen molar-refractivity contribution < 1.29 is 4.79 Å². The Balaban J connectivity index is 1.59. The number of para-hydroxylation sites is 2. The summed E-state index contributed by atoms with van der Waals surface area (Å²) in [6.45, 7) is 1.86. The predicted molar refractivity (Wildman–Crippen MR) is 95.6 cm³/mol. The van der Waals surface area contributed by atoms with Crippen LogP contribution in [0, 0.1) is 0 Å². The summed E-state index contributed by atoms with van der Waals surface area (Å²) >= 11 is 3.26. The number of nitrogens with zero attached hydrogens (tertiary/aromatic N) is 2. The van der Waals surface area contributed by atoms with Crippen molar-refractivity contribution in [2.75, 3.05) is 16.8 Å². The van der Waals surface area contributed by atoms with Crippen LogP contribution >= 0.6 is 22.7 Å². The molecule has 1 N–H and O–H groups in total. The molecule has 0 saturated carbocycles. The van der Waals surface area contributed by atoms with Gasteiger partial charge in [0.2, 0.25) is 0 Å². The number of aromatic nitrogens is 1. The van der Waals surface area contributed by atoms with Gasteiger partial charge in [-0.2, -0.15) is 0 Å². The number of carbonyl (C=O) groups excluding carboxylic acids is 1. The van der Waals surface area contributed by atoms with E-state index in [1.54, 1.807) is 10.9 Å². The van der Waals surface area contributed by atoms with Gasteiger partial charge < -0.3 is 10.2 Å². The molecule has 0 bridgehead atoms. The van der Waals surface area contributed by atoms with Crippen LogP contribution in [-0.2, 0) is 13.0 Å². The summed E-state index contributed by atoms with van der Waals surface area (Å²) in [4.78, 5) is 20.2. The van der Waals surface area contributed by atoms with E-state index in [1.807, 2.05) is 29.5 Å². The van der Waals surface area contributed by atoms with Gasteiger partial charge in [-0.1, -0.05) is 12.1 Å². The summed E-state index contributed by atoms with van der Waals surface area (Å²) in [6, 6.07) is 10.2. The number of rotatable bonds is 3. The maximum atomic E-state index is 12.3. The molecule has 0 saturated heterocycles. The quantitative estimate of drug-likeness (QED) is 0.782. The lowest BCUT2D eigenvalue weighted by atomic mass is 10.1. The summed E-state index contributed by atoms with van der Waals surface area (Å²) in [7, 11) is 0. The molecule has 23 heavy (non-hydrogen) atoms. The molecule has 0 spiro atoms. The minimum atomic E-state index is -0.160. The Morgan fingerprint density at radius 2 is 2.17 bits per heavy atom. The van der Waals surface area contributed by atoms with Gasteiger partial charge in [0.05, 0.1) is 16.9 Å². The molecule has 1 aromatic carbocycles. The smallest absolute Gasteiger partial charge is 0.275 e. The summed E-state index contributed by atoms with van der Waals surface area (Å²) in [5.74, 6) is -0.160. The fourth-order valence-corrected chi connectivity index (χ4v) is 4.24. The van der Waals surface area contributed by atoms with Crippen molar-refractivity contribution in [2.24, 2.45) is 0 Å². The van der Waals surface area contributed by atoms with E-state index in [-0.39, 0.29) is 5.91 Å². The number of amides is 1. The summed E-state index contributed by atoms with van der Waals surface area (Å²) in [5.41, 5.74) is 5.42. The lowest BCUT2D eigenvalue weighted by Crippen LogP contribution is -2.30. The Kier molecular flexibility index (Phi) is 3.85. The third kappa shape index (κ3) is 2.87. The highest BCUT2D eigenvalue weighted by Crippen LogP contribution is 2.32. The van der Waals surface area contributed by atoms with Gasteiger partial charge in [0, 0.05) is 23.3 Å². The number of hydrogen-bond acceptors (Lipinski definition) is 5. The molecule has 0 aliphatic carbocycles. The van der Waals surface area contributed by atoms with E-state index in [1.165, 1.54) is 21.8 Å². The van der Waals surface area contributed by atoms with Gasteiger partial charge in [-0.25, -0.2) is 4.98 Å². The number of hydrogen-bond donors (Lipinski definition) is 1. The lowest BCUT2D eigenvalue weighted by molar-refractivity contribution is 0.102. The Hall–Kier alpha value is -2.18. The third-order valence-corrected chi connectivity index (χ3v) is 5.58. The first-order valence-electron chi connectivity index (χ1n) is 7.40. The molecule has 0 unspecified atom stereocenters. The van der Waals surface area contributed by atoms with Crippen LogP contribution in [0.25, 0.3) is 0 Å². The summed E-state index contributed by atoms with van der Waals surface area (Å²) in [5, 5.41) is 6.91. The molecule has 116 valence electrons. The number of thiazole rings is 1. The van der Waals surface area contributed by atoms with E-state index in [0.29, 0.717) is 5.69 Å². The Morgan fingerprint density at radius 3 is 3.04 bits per heavy atom. The van der Waals surface area contributed by atoms with Crippen LogP contribution in [-0.4, -0.2) is 17.4 Å². The van der Waals surface area contributed by atoms with Crippen LogP contribution in [0.3, 0.4) is 0 Å². The SMILES string of the molecule is O=C(Nc1ccccc1N1CCc2sccc2C1)c1cscn1. The molecule has 3 aromatic rings. The molecule has 0 radical (unpaired) electrons. The van der Waals surface area contributed by atoms with Gasteiger partial charge in [0.25, 0.3) is 5.91 Å². The zero-order valence-corrected chi connectivity index (χ0v) is 14.0. The number of fused-ring (bicyclic) bond motifs is 1. The first-order chi connectivity index (χ1) is 11.3. The highest BCUT2D eigenvalue weighted by molar-refractivity contribution is 7.10. The fourth-order valence-electron chi connectivity index (χ4n) is 2.82. The van der Waals surface area contributed by atoms with Crippen molar-refractivity contribution >= 4 is 40.0 Å². The van der Waals surface area contributed by atoms with Crippen molar-refractivity contribution in [1.29, 1.82) is 0 Å². The van der Waals surface area contributed by atoms with Gasteiger partial charge in [-0.3, -0.25) is 4.79 Å². The Bertz CT molecular complexity index is 826. The van der Waals surface area contributed by atoms with E-state index in [4.69, 9.17) is 0 Å². The molecule has 6 heteroatoms. The van der Waals surface area contributed by atoms with Crippen LogP contribution in [0.15, 0.2) is 46.6 Å². The van der Waals surface area contributed by atoms with Gasteiger partial charge in [0.1, 0.15) is 5.69 Å². The second-order valence-electron chi connectivity index (χ2n) is 5.39. The molecule has 1 aliphatic rings. The monoisotopic (exact) mass is 341 g/mol. The van der Waals surface area contributed by atoms with E-state index in [9.17, 15) is 4.79 Å². The molecule has 1 aliphatic heterocycles. The molecule has 1 amide bonds. The van der Waals surface area contributed by atoms with Gasteiger partial charge in [-0.05, 0) is 35.6 Å². The van der Waals surface area contributed by atoms with E-state index in [0.717, 1.165) is 30.9 Å². The average molecular weight is 341 g/mol. The number of nitrogens with one attached hydrogen (secondary N) is 1. The topological polar surface area (TPSA) is 45.2 Å². The van der Waals surface area contributed by atoms with Crippen LogP contribution in [0.5, 0.6) is 0 Å². The maximum absolute atomic E-state index is 12.3. The van der Waals surface area contributed by atoms with Crippen molar-refractivity contribution in [2.45, 2.75) is 13.0 Å². The zero-order chi connectivity index (χ0) is 15.6. The molecule has 2 aromatic heterocycles. The normalized spacial score (nSPS) is 13.7. The highest BCUT2D eigenvalue weighted by Gasteiger charge is 2.20. The van der Waals surface area contributed by atoms with Crippen LogP contribution in [0.4, 0.5) is 11.4 Å². The molecule has 4 rings (SSSR count). The Morgan fingerprint density at radius 1 is 1.26 bits per heavy atom. The van der Waals surface area contributed by atoms with Crippen LogP contribution in [0.1, 0.15) is 20.9 Å². The van der Waals surface area contributed by atoms with Crippen molar-refractivity contribution in [1.82, 2.24) is 4.98 Å². The zero-order valence-electron chi connectivity index (χ0n) is 12.4. The lowest BCUT2D eigenvalue weighted by Gasteiger charge is -2.30. The summed E-state index contributed by atoms with van der Waals surface area (Å²) < 4.78 is 0. The number of benzene rings is 1. The second-order valence-corrected chi connectivity index (χ2v) is 7.10. The molecule has 3 heterocycles. The largest absolute Gasteiger partial charge is 0.365 e. The maximum Gasteiger partial charge on any atom is 0.275 e. The predicted octanol–water partition coefficient (Wildman–Crippen LogP) is 4.02. The molecule has 4 nitrogen and oxygen atoms in total. The summed E-state index contributed by atoms with van der Waals surface area (Å²) in [6.07, 6.45) is 1.06. The van der Waals surface area contributed by atoms with Crippen molar-refractivity contribution in [3.8, 4) is 0 Å². The number of anilines is 2. The molecular weight excluding hydrogens is 326 g/mol. The fraction of sp³-hybridized carbons (Fsp3) is 0.176. The standard InChI is InChI=1S/C17H15N3OS2/c21-17(14-10-22-11-18-14)19-13-3-1-2-4-15(13)20-7-5-16-12(9-20)6-8-23-16/h1-4,6,8,10-11H,5,7,9H2,(H,19,21). The van der Waals surface area contributed by atoms with Crippen molar-refractivity contribution in [3.63, 3.8) is 0 Å². The van der Waals surface area contributed by atoms with Crippen LogP contribution < -0.4 is 10.2 Å². The first-order valence-corrected chi connectivity index (χ1v) is 9.22. The number of thiophene rings is 1. The van der Waals surface area contributed by atoms with Gasteiger partial charge in [-0.15, -0.1) is 22.7 Å². The van der Waals surface area contributed by atoms with Crippen molar-refractivity contribution in [3.05, 3.63) is 62.7 Å². The highest BCUT2D eigenvalue weighted by atomic mass is 32.1. The van der Waals surface area contributed by atoms with E-state index >= 15 is 0 Å². The van der Waals surface area contributed by atoms with Gasteiger partial charge >= 0.3 is 0 Å². The minimum absolute atomic E-state index is 0.160. The van der Waals surface area contributed by atoms with E-state index < -0.39 is 0 Å². The molecule has 0 fully saturated rings. The van der Waals surface area contributed by atoms with Crippen LogP contribution in [0.2, 0.25) is 0 Å².